The monoisotopic (exact) mass is 253 g/mol. The molecule has 1 aromatic rings. The second-order valence-corrected chi connectivity index (χ2v) is 3.89. The first-order valence-electron chi connectivity index (χ1n) is 5.19. The van der Waals surface area contributed by atoms with Crippen molar-refractivity contribution in [2.75, 3.05) is 0 Å². The van der Waals surface area contributed by atoms with Crippen LogP contribution in [0.15, 0.2) is 29.8 Å². The van der Waals surface area contributed by atoms with Gasteiger partial charge in [-0.25, -0.2) is 0 Å². The number of nitro groups is 1. The lowest BCUT2D eigenvalue weighted by Gasteiger charge is -2.00. The molecule has 0 aliphatic carbocycles. The average Bonchev–Trinajstić information content (AvgIpc) is 2.28. The molecule has 0 N–H and O–H groups in total. The molecule has 4 nitrogen and oxygen atoms in total. The number of nitrogens with zero attached hydrogens (tertiary/aromatic N) is 1. The summed E-state index contributed by atoms with van der Waals surface area (Å²) in [5.74, 6) is 0. The zero-order valence-corrected chi connectivity index (χ0v) is 10.1. The SMILES string of the molecule is CCC/C(=C/c1cccc([N+](=O)[O-])c1)C(=O)Cl. The highest BCUT2D eigenvalue weighted by Gasteiger charge is 2.08. The number of allylic oxidation sites excluding steroid dienone is 1. The molecule has 0 atom stereocenters. The van der Waals surface area contributed by atoms with Crippen molar-refractivity contribution in [1.82, 2.24) is 0 Å². The van der Waals surface area contributed by atoms with E-state index in [0.29, 0.717) is 17.6 Å². The Morgan fingerprint density at radius 2 is 2.24 bits per heavy atom. The molecule has 0 saturated heterocycles. The summed E-state index contributed by atoms with van der Waals surface area (Å²) < 4.78 is 0. The van der Waals surface area contributed by atoms with Crippen molar-refractivity contribution in [3.63, 3.8) is 0 Å². The summed E-state index contributed by atoms with van der Waals surface area (Å²) in [6.45, 7) is 1.93. The molecule has 0 spiro atoms. The molecule has 0 aliphatic rings. The van der Waals surface area contributed by atoms with Crippen molar-refractivity contribution >= 4 is 28.6 Å². The highest BCUT2D eigenvalue weighted by atomic mass is 35.5. The number of halogens is 1. The molecule has 0 heterocycles. The van der Waals surface area contributed by atoms with Gasteiger partial charge in [0.15, 0.2) is 0 Å². The van der Waals surface area contributed by atoms with Crippen molar-refractivity contribution in [1.29, 1.82) is 0 Å². The van der Waals surface area contributed by atoms with Crippen LogP contribution >= 0.6 is 11.6 Å². The van der Waals surface area contributed by atoms with Gasteiger partial charge in [0.25, 0.3) is 5.69 Å². The Balaban J connectivity index is 3.06. The lowest BCUT2D eigenvalue weighted by molar-refractivity contribution is -0.384. The number of nitro benzene ring substituents is 1. The van der Waals surface area contributed by atoms with Crippen LogP contribution in [0.1, 0.15) is 25.3 Å². The van der Waals surface area contributed by atoms with Crippen LogP contribution in [-0.4, -0.2) is 10.2 Å². The molecule has 0 fully saturated rings. The maximum atomic E-state index is 11.1. The second kappa shape index (κ2) is 6.15. The van der Waals surface area contributed by atoms with Gasteiger partial charge < -0.3 is 0 Å². The minimum absolute atomic E-state index is 0.00313. The van der Waals surface area contributed by atoms with Gasteiger partial charge in [0, 0.05) is 17.7 Å². The summed E-state index contributed by atoms with van der Waals surface area (Å²) in [6.07, 6.45) is 2.94. The van der Waals surface area contributed by atoms with Crippen molar-refractivity contribution in [2.24, 2.45) is 0 Å². The quantitative estimate of drug-likeness (QED) is 0.349. The highest BCUT2D eigenvalue weighted by Crippen LogP contribution is 2.18. The van der Waals surface area contributed by atoms with Crippen LogP contribution in [-0.2, 0) is 4.79 Å². The third-order valence-corrected chi connectivity index (χ3v) is 2.44. The van der Waals surface area contributed by atoms with E-state index in [-0.39, 0.29) is 5.69 Å². The normalized spacial score (nSPS) is 11.3. The minimum Gasteiger partial charge on any atom is -0.276 e. The highest BCUT2D eigenvalue weighted by molar-refractivity contribution is 6.68. The molecule has 0 radical (unpaired) electrons. The van der Waals surface area contributed by atoms with Gasteiger partial charge in [-0.05, 0) is 29.7 Å². The van der Waals surface area contributed by atoms with Crippen LogP contribution < -0.4 is 0 Å². The second-order valence-electron chi connectivity index (χ2n) is 3.55. The summed E-state index contributed by atoms with van der Waals surface area (Å²) in [5, 5.41) is 10.1. The zero-order chi connectivity index (χ0) is 12.8. The zero-order valence-electron chi connectivity index (χ0n) is 9.35. The van der Waals surface area contributed by atoms with Crippen LogP contribution in [0, 0.1) is 10.1 Å². The predicted molar refractivity (Wildman–Crippen MR) is 66.8 cm³/mol. The van der Waals surface area contributed by atoms with Gasteiger partial charge in [-0.1, -0.05) is 25.5 Å². The van der Waals surface area contributed by atoms with E-state index in [2.05, 4.69) is 0 Å². The van der Waals surface area contributed by atoms with Crippen LogP contribution in [0.25, 0.3) is 6.08 Å². The smallest absolute Gasteiger partial charge is 0.270 e. The Bertz CT molecular complexity index is 469. The van der Waals surface area contributed by atoms with E-state index in [9.17, 15) is 14.9 Å². The van der Waals surface area contributed by atoms with Gasteiger partial charge in [0.05, 0.1) is 4.92 Å². The van der Waals surface area contributed by atoms with Gasteiger partial charge >= 0.3 is 0 Å². The number of carbonyl (C=O) groups excluding carboxylic acids is 1. The fraction of sp³-hybridized carbons (Fsp3) is 0.250. The summed E-state index contributed by atoms with van der Waals surface area (Å²) >= 11 is 5.43. The molecule has 0 aliphatic heterocycles. The van der Waals surface area contributed by atoms with Gasteiger partial charge in [-0.2, -0.15) is 0 Å². The van der Waals surface area contributed by atoms with Crippen molar-refractivity contribution < 1.29 is 9.72 Å². The van der Waals surface area contributed by atoms with Crippen LogP contribution in [0.5, 0.6) is 0 Å². The molecule has 0 amide bonds. The van der Waals surface area contributed by atoms with E-state index in [0.717, 1.165) is 6.42 Å². The number of benzene rings is 1. The molecule has 5 heteroatoms. The third-order valence-electron chi connectivity index (χ3n) is 2.19. The first-order valence-corrected chi connectivity index (χ1v) is 5.57. The number of carbonyl (C=O) groups is 1. The average molecular weight is 254 g/mol. The molecule has 0 bridgehead atoms. The molecular formula is C12H12ClNO3. The molecule has 90 valence electrons. The first-order chi connectivity index (χ1) is 8.04. The summed E-state index contributed by atoms with van der Waals surface area (Å²) in [6, 6.07) is 6.09. The fourth-order valence-corrected chi connectivity index (χ4v) is 1.57. The Kier molecular flexibility index (Phi) is 4.84. The van der Waals surface area contributed by atoms with E-state index >= 15 is 0 Å². The van der Waals surface area contributed by atoms with Crippen molar-refractivity contribution in [2.45, 2.75) is 19.8 Å². The van der Waals surface area contributed by atoms with Gasteiger partial charge in [0.2, 0.25) is 5.24 Å². The molecular weight excluding hydrogens is 242 g/mol. The summed E-state index contributed by atoms with van der Waals surface area (Å²) in [7, 11) is 0. The summed E-state index contributed by atoms with van der Waals surface area (Å²) in [4.78, 5) is 21.2. The van der Waals surface area contributed by atoms with Gasteiger partial charge in [-0.3, -0.25) is 14.9 Å². The molecule has 0 aromatic heterocycles. The maximum absolute atomic E-state index is 11.1. The number of non-ortho nitro benzene ring substituents is 1. The van der Waals surface area contributed by atoms with Crippen LogP contribution in [0.2, 0.25) is 0 Å². The van der Waals surface area contributed by atoms with E-state index in [1.54, 1.807) is 18.2 Å². The van der Waals surface area contributed by atoms with Crippen LogP contribution in [0.4, 0.5) is 5.69 Å². The minimum atomic E-state index is -0.515. The van der Waals surface area contributed by atoms with Gasteiger partial charge in [0.1, 0.15) is 0 Å². The Morgan fingerprint density at radius 1 is 1.53 bits per heavy atom. The predicted octanol–water partition coefficient (Wildman–Crippen LogP) is 3.54. The largest absolute Gasteiger partial charge is 0.276 e. The maximum Gasteiger partial charge on any atom is 0.270 e. The standard InChI is InChI=1S/C12H12ClNO3/c1-2-4-10(12(13)15)7-9-5-3-6-11(8-9)14(16)17/h3,5-8H,2,4H2,1H3/b10-7-. The topological polar surface area (TPSA) is 60.2 Å². The first kappa shape index (κ1) is 13.4. The number of hydrogen-bond acceptors (Lipinski definition) is 3. The van der Waals surface area contributed by atoms with E-state index < -0.39 is 10.2 Å². The molecule has 0 saturated carbocycles. The van der Waals surface area contributed by atoms with E-state index in [4.69, 9.17) is 11.6 Å². The number of rotatable bonds is 5. The number of hydrogen-bond donors (Lipinski definition) is 0. The Hall–Kier alpha value is -1.68. The molecule has 17 heavy (non-hydrogen) atoms. The lowest BCUT2D eigenvalue weighted by Crippen LogP contribution is -1.93. The fourth-order valence-electron chi connectivity index (χ4n) is 1.43. The van der Waals surface area contributed by atoms with Crippen LogP contribution in [0.3, 0.4) is 0 Å². The summed E-state index contributed by atoms with van der Waals surface area (Å²) in [5.41, 5.74) is 1.07. The molecule has 0 unspecified atom stereocenters. The lowest BCUT2D eigenvalue weighted by atomic mass is 10.1. The van der Waals surface area contributed by atoms with Gasteiger partial charge in [-0.15, -0.1) is 0 Å². The Morgan fingerprint density at radius 3 is 2.76 bits per heavy atom. The Labute approximate surface area is 104 Å². The van der Waals surface area contributed by atoms with Crippen molar-refractivity contribution in [3.8, 4) is 0 Å². The third kappa shape index (κ3) is 4.00. The van der Waals surface area contributed by atoms with E-state index in [1.165, 1.54) is 12.1 Å². The molecule has 1 aromatic carbocycles. The molecule has 1 rings (SSSR count). The van der Waals surface area contributed by atoms with Crippen molar-refractivity contribution in [3.05, 3.63) is 45.5 Å². The van der Waals surface area contributed by atoms with E-state index in [1.807, 2.05) is 6.92 Å².